The third-order valence-electron chi connectivity index (χ3n) is 5.19. The molecule has 0 bridgehead atoms. The summed E-state index contributed by atoms with van der Waals surface area (Å²) in [6.07, 6.45) is 4.05. The molecule has 3 rings (SSSR count). The molecule has 0 spiro atoms. The summed E-state index contributed by atoms with van der Waals surface area (Å²) in [6, 6.07) is 4.85. The average Bonchev–Trinajstić information content (AvgIpc) is 3.02. The van der Waals surface area contributed by atoms with Crippen LogP contribution >= 0.6 is 11.3 Å². The third-order valence-corrected chi connectivity index (χ3v) is 6.05. The fourth-order valence-electron chi connectivity index (χ4n) is 4.04. The Balaban J connectivity index is 1.55. The number of carbonyl (C=O) groups is 1. The van der Waals surface area contributed by atoms with Crippen molar-refractivity contribution in [1.82, 2.24) is 14.7 Å². The van der Waals surface area contributed by atoms with E-state index >= 15 is 0 Å². The van der Waals surface area contributed by atoms with Gasteiger partial charge in [0.15, 0.2) is 0 Å². The van der Waals surface area contributed by atoms with E-state index in [0.29, 0.717) is 17.9 Å². The number of thiophene rings is 1. The number of carbonyl (C=O) groups excluding carboxylic acids is 1. The minimum Gasteiger partial charge on any atom is -0.339 e. The molecule has 0 N–H and O–H groups in total. The normalized spacial score (nSPS) is 25.9. The van der Waals surface area contributed by atoms with Crippen molar-refractivity contribution >= 4 is 17.2 Å². The highest BCUT2D eigenvalue weighted by Crippen LogP contribution is 2.32. The lowest BCUT2D eigenvalue weighted by Crippen LogP contribution is -2.56. The van der Waals surface area contributed by atoms with Crippen LogP contribution in [0.5, 0.6) is 0 Å². The molecular weight excluding hydrogens is 306 g/mol. The van der Waals surface area contributed by atoms with E-state index in [4.69, 9.17) is 0 Å². The number of fused-ring (bicyclic) bond motifs is 1. The van der Waals surface area contributed by atoms with Crippen LogP contribution in [0.15, 0.2) is 17.5 Å². The first kappa shape index (κ1) is 16.9. The van der Waals surface area contributed by atoms with Gasteiger partial charge in [0.05, 0.1) is 0 Å². The molecular formula is C18H29N3OS. The van der Waals surface area contributed by atoms with Gasteiger partial charge in [0.25, 0.3) is 0 Å². The van der Waals surface area contributed by atoms with Crippen LogP contribution in [0.25, 0.3) is 0 Å². The molecule has 1 aromatic rings. The predicted molar refractivity (Wildman–Crippen MR) is 95.6 cm³/mol. The van der Waals surface area contributed by atoms with E-state index in [1.165, 1.54) is 4.88 Å². The number of nitrogens with zero attached hydrogens (tertiary/aromatic N) is 3. The van der Waals surface area contributed by atoms with Crippen LogP contribution in [0, 0.1) is 5.92 Å². The smallest absolute Gasteiger partial charge is 0.222 e. The molecule has 23 heavy (non-hydrogen) atoms. The van der Waals surface area contributed by atoms with Gasteiger partial charge in [-0.05, 0) is 57.3 Å². The number of rotatable bonds is 6. The van der Waals surface area contributed by atoms with Crippen molar-refractivity contribution in [2.45, 2.75) is 38.3 Å². The molecule has 1 aromatic heterocycles. The van der Waals surface area contributed by atoms with E-state index < -0.39 is 0 Å². The van der Waals surface area contributed by atoms with Crippen molar-refractivity contribution < 1.29 is 4.79 Å². The summed E-state index contributed by atoms with van der Waals surface area (Å²) in [6.45, 7) is 5.35. The Morgan fingerprint density at radius 2 is 2.22 bits per heavy atom. The van der Waals surface area contributed by atoms with Crippen LogP contribution in [-0.4, -0.2) is 66.9 Å². The van der Waals surface area contributed by atoms with Crippen LogP contribution in [0.1, 0.15) is 30.6 Å². The molecule has 4 nitrogen and oxygen atoms in total. The molecule has 2 aliphatic heterocycles. The maximum absolute atomic E-state index is 12.4. The summed E-state index contributed by atoms with van der Waals surface area (Å²) in [5.41, 5.74) is 0. The van der Waals surface area contributed by atoms with Crippen molar-refractivity contribution in [2.24, 2.45) is 5.92 Å². The Hall–Kier alpha value is -0.910. The fourth-order valence-corrected chi connectivity index (χ4v) is 4.79. The standard InChI is InChI=1S/C18H29N3OS/c1-19(2)9-4-10-21-17-8-11-20(14-16-5-3-12-23-16)13-15(17)6-7-18(21)22/h3,5,12,15,17H,4,6-11,13-14H2,1-2H3/t15-,17+/m1/s1. The number of amides is 1. The van der Waals surface area contributed by atoms with E-state index in [-0.39, 0.29) is 0 Å². The first-order valence-corrected chi connectivity index (χ1v) is 9.70. The lowest BCUT2D eigenvalue weighted by molar-refractivity contribution is -0.141. The maximum atomic E-state index is 12.4. The van der Waals surface area contributed by atoms with Crippen LogP contribution < -0.4 is 0 Å². The van der Waals surface area contributed by atoms with Crippen LogP contribution in [0.4, 0.5) is 0 Å². The van der Waals surface area contributed by atoms with E-state index in [1.807, 2.05) is 11.3 Å². The Kier molecular flexibility index (Phi) is 5.72. The zero-order valence-electron chi connectivity index (χ0n) is 14.4. The highest BCUT2D eigenvalue weighted by Gasteiger charge is 2.38. The van der Waals surface area contributed by atoms with Crippen LogP contribution in [-0.2, 0) is 11.3 Å². The molecule has 0 radical (unpaired) electrons. The van der Waals surface area contributed by atoms with Gasteiger partial charge < -0.3 is 9.80 Å². The number of hydrogen-bond acceptors (Lipinski definition) is 4. The van der Waals surface area contributed by atoms with Crippen molar-refractivity contribution in [3.63, 3.8) is 0 Å². The lowest BCUT2D eigenvalue weighted by atomic mass is 9.83. The van der Waals surface area contributed by atoms with Crippen LogP contribution in [0.3, 0.4) is 0 Å². The Morgan fingerprint density at radius 3 is 2.96 bits per heavy atom. The topological polar surface area (TPSA) is 26.8 Å². The molecule has 128 valence electrons. The maximum Gasteiger partial charge on any atom is 0.222 e. The summed E-state index contributed by atoms with van der Waals surface area (Å²) in [4.78, 5) is 20.8. The predicted octanol–water partition coefficient (Wildman–Crippen LogP) is 2.51. The average molecular weight is 336 g/mol. The van der Waals surface area contributed by atoms with Crippen molar-refractivity contribution in [3.8, 4) is 0 Å². The summed E-state index contributed by atoms with van der Waals surface area (Å²) in [5, 5.41) is 2.16. The van der Waals surface area contributed by atoms with Gasteiger partial charge in [0, 0.05) is 43.5 Å². The molecule has 0 aliphatic carbocycles. The molecule has 2 atom stereocenters. The SMILES string of the molecule is CN(C)CCCN1C(=O)CC[C@@H]2CN(Cc3cccs3)CC[C@@H]21. The Bertz CT molecular complexity index is 502. The highest BCUT2D eigenvalue weighted by molar-refractivity contribution is 7.09. The zero-order chi connectivity index (χ0) is 16.2. The molecule has 0 unspecified atom stereocenters. The van der Waals surface area contributed by atoms with E-state index in [2.05, 4.69) is 46.3 Å². The van der Waals surface area contributed by atoms with Crippen LogP contribution in [0.2, 0.25) is 0 Å². The van der Waals surface area contributed by atoms with Gasteiger partial charge in [-0.15, -0.1) is 11.3 Å². The summed E-state index contributed by atoms with van der Waals surface area (Å²) < 4.78 is 0. The zero-order valence-corrected chi connectivity index (χ0v) is 15.2. The monoisotopic (exact) mass is 335 g/mol. The molecule has 5 heteroatoms. The second-order valence-electron chi connectivity index (χ2n) is 7.21. The lowest BCUT2D eigenvalue weighted by Gasteiger charge is -2.47. The van der Waals surface area contributed by atoms with Gasteiger partial charge in [0.2, 0.25) is 5.91 Å². The second-order valence-corrected chi connectivity index (χ2v) is 8.25. The highest BCUT2D eigenvalue weighted by atomic mass is 32.1. The summed E-state index contributed by atoms with van der Waals surface area (Å²) in [5.74, 6) is 1.05. The first-order valence-electron chi connectivity index (χ1n) is 8.82. The van der Waals surface area contributed by atoms with E-state index in [9.17, 15) is 4.79 Å². The second kappa shape index (κ2) is 7.77. The number of piperidine rings is 2. The van der Waals surface area contributed by atoms with Crippen molar-refractivity contribution in [1.29, 1.82) is 0 Å². The molecule has 1 amide bonds. The Morgan fingerprint density at radius 1 is 1.35 bits per heavy atom. The van der Waals surface area contributed by atoms with Crippen molar-refractivity contribution in [3.05, 3.63) is 22.4 Å². The number of likely N-dealkylation sites (tertiary alicyclic amines) is 2. The van der Waals surface area contributed by atoms with Crippen molar-refractivity contribution in [2.75, 3.05) is 40.3 Å². The van der Waals surface area contributed by atoms with Gasteiger partial charge in [-0.25, -0.2) is 0 Å². The quantitative estimate of drug-likeness (QED) is 0.799. The molecule has 0 saturated carbocycles. The van der Waals surface area contributed by atoms with E-state index in [0.717, 1.165) is 58.4 Å². The van der Waals surface area contributed by atoms with Gasteiger partial charge in [0.1, 0.15) is 0 Å². The molecule has 0 aromatic carbocycles. The minimum absolute atomic E-state index is 0.386. The molecule has 3 heterocycles. The summed E-state index contributed by atoms with van der Waals surface area (Å²) in [7, 11) is 4.20. The fraction of sp³-hybridized carbons (Fsp3) is 0.722. The van der Waals surface area contributed by atoms with Gasteiger partial charge in [-0.3, -0.25) is 9.69 Å². The molecule has 2 saturated heterocycles. The van der Waals surface area contributed by atoms with Gasteiger partial charge >= 0.3 is 0 Å². The molecule has 2 fully saturated rings. The molecule has 2 aliphatic rings. The van der Waals surface area contributed by atoms with Gasteiger partial charge in [-0.1, -0.05) is 6.07 Å². The minimum atomic E-state index is 0.386. The Labute approximate surface area is 144 Å². The summed E-state index contributed by atoms with van der Waals surface area (Å²) >= 11 is 1.85. The largest absolute Gasteiger partial charge is 0.339 e. The van der Waals surface area contributed by atoms with Gasteiger partial charge in [-0.2, -0.15) is 0 Å². The third kappa shape index (κ3) is 4.34. The first-order chi connectivity index (χ1) is 11.1. The van der Waals surface area contributed by atoms with E-state index in [1.54, 1.807) is 0 Å². The number of hydrogen-bond donors (Lipinski definition) is 0.